The normalized spacial score (nSPS) is 10.5. The number of pyridine rings is 1. The van der Waals surface area contributed by atoms with E-state index >= 15 is 0 Å². The molecule has 2 heterocycles. The fourth-order valence-corrected chi connectivity index (χ4v) is 2.95. The number of nitrogens with zero attached hydrogens (tertiary/aromatic N) is 2. The SMILES string of the molecule is Cc1cnccc1C(=O)Cc1nc(-c2ccccc2)cs1. The third-order valence-electron chi connectivity index (χ3n) is 3.25. The van der Waals surface area contributed by atoms with Crippen molar-refractivity contribution < 1.29 is 4.79 Å². The van der Waals surface area contributed by atoms with Gasteiger partial charge in [0.15, 0.2) is 5.78 Å². The van der Waals surface area contributed by atoms with E-state index in [-0.39, 0.29) is 5.78 Å². The molecule has 0 radical (unpaired) electrons. The van der Waals surface area contributed by atoms with Crippen LogP contribution in [0.5, 0.6) is 0 Å². The van der Waals surface area contributed by atoms with Gasteiger partial charge >= 0.3 is 0 Å². The minimum Gasteiger partial charge on any atom is -0.294 e. The van der Waals surface area contributed by atoms with Crippen LogP contribution in [0.4, 0.5) is 0 Å². The Balaban J connectivity index is 1.79. The first-order valence-corrected chi connectivity index (χ1v) is 7.55. The van der Waals surface area contributed by atoms with Gasteiger partial charge in [-0.15, -0.1) is 11.3 Å². The van der Waals surface area contributed by atoms with Gasteiger partial charge in [0.25, 0.3) is 0 Å². The van der Waals surface area contributed by atoms with Crippen molar-refractivity contribution in [2.75, 3.05) is 0 Å². The van der Waals surface area contributed by atoms with E-state index in [0.717, 1.165) is 27.4 Å². The summed E-state index contributed by atoms with van der Waals surface area (Å²) in [5.41, 5.74) is 3.63. The molecule has 4 heteroatoms. The van der Waals surface area contributed by atoms with Crippen LogP contribution in [0.1, 0.15) is 20.9 Å². The maximum absolute atomic E-state index is 12.3. The van der Waals surface area contributed by atoms with Gasteiger partial charge in [-0.05, 0) is 18.6 Å². The molecular formula is C17H14N2OS. The zero-order chi connectivity index (χ0) is 14.7. The summed E-state index contributed by atoms with van der Waals surface area (Å²) in [5, 5.41) is 2.84. The average Bonchev–Trinajstić information content (AvgIpc) is 2.97. The standard InChI is InChI=1S/C17H14N2OS/c1-12-10-18-8-7-14(12)16(20)9-17-19-15(11-21-17)13-5-3-2-4-6-13/h2-8,10-11H,9H2,1H3. The van der Waals surface area contributed by atoms with Crippen LogP contribution in [0, 0.1) is 6.92 Å². The van der Waals surface area contributed by atoms with Crippen LogP contribution in [-0.4, -0.2) is 15.8 Å². The minimum atomic E-state index is 0.0869. The Bertz CT molecular complexity index is 765. The lowest BCUT2D eigenvalue weighted by Gasteiger charge is -2.02. The Morgan fingerprint density at radius 1 is 1.19 bits per heavy atom. The molecule has 0 aliphatic heterocycles. The van der Waals surface area contributed by atoms with Gasteiger partial charge in [0.1, 0.15) is 5.01 Å². The summed E-state index contributed by atoms with van der Waals surface area (Å²) >= 11 is 1.53. The molecule has 0 fully saturated rings. The van der Waals surface area contributed by atoms with Gasteiger partial charge < -0.3 is 0 Å². The monoisotopic (exact) mass is 294 g/mol. The number of ketones is 1. The van der Waals surface area contributed by atoms with Gasteiger partial charge in [-0.3, -0.25) is 9.78 Å². The maximum Gasteiger partial charge on any atom is 0.170 e. The lowest BCUT2D eigenvalue weighted by molar-refractivity contribution is 0.0992. The first-order chi connectivity index (χ1) is 10.2. The van der Waals surface area contributed by atoms with Gasteiger partial charge in [0.05, 0.1) is 12.1 Å². The topological polar surface area (TPSA) is 42.9 Å². The second-order valence-electron chi connectivity index (χ2n) is 4.78. The number of aryl methyl sites for hydroxylation is 1. The Morgan fingerprint density at radius 2 is 2.00 bits per heavy atom. The highest BCUT2D eigenvalue weighted by Crippen LogP contribution is 2.22. The van der Waals surface area contributed by atoms with Crippen molar-refractivity contribution in [2.45, 2.75) is 13.3 Å². The summed E-state index contributed by atoms with van der Waals surface area (Å²) in [6.45, 7) is 1.90. The fraction of sp³-hybridized carbons (Fsp3) is 0.118. The third kappa shape index (κ3) is 3.06. The van der Waals surface area contributed by atoms with E-state index < -0.39 is 0 Å². The van der Waals surface area contributed by atoms with Crippen molar-refractivity contribution >= 4 is 17.1 Å². The smallest absolute Gasteiger partial charge is 0.170 e. The van der Waals surface area contributed by atoms with E-state index in [1.54, 1.807) is 18.5 Å². The third-order valence-corrected chi connectivity index (χ3v) is 4.10. The number of hydrogen-bond donors (Lipinski definition) is 0. The van der Waals surface area contributed by atoms with Gasteiger partial charge in [0.2, 0.25) is 0 Å². The summed E-state index contributed by atoms with van der Waals surface area (Å²) < 4.78 is 0. The minimum absolute atomic E-state index is 0.0869. The molecule has 0 spiro atoms. The largest absolute Gasteiger partial charge is 0.294 e. The van der Waals surface area contributed by atoms with Crippen molar-refractivity contribution in [3.8, 4) is 11.3 Å². The van der Waals surface area contributed by atoms with Crippen LogP contribution in [-0.2, 0) is 6.42 Å². The molecule has 0 atom stereocenters. The Labute approximate surface area is 127 Å². The molecule has 0 N–H and O–H groups in total. The number of benzene rings is 1. The second kappa shape index (κ2) is 5.97. The molecule has 21 heavy (non-hydrogen) atoms. The van der Waals surface area contributed by atoms with Gasteiger partial charge in [0, 0.05) is 28.9 Å². The number of carbonyl (C=O) groups excluding carboxylic acids is 1. The van der Waals surface area contributed by atoms with Gasteiger partial charge in [-0.25, -0.2) is 4.98 Å². The second-order valence-corrected chi connectivity index (χ2v) is 5.73. The number of rotatable bonds is 4. The lowest BCUT2D eigenvalue weighted by atomic mass is 10.1. The van der Waals surface area contributed by atoms with E-state index in [9.17, 15) is 4.79 Å². The van der Waals surface area contributed by atoms with Crippen LogP contribution in [0.3, 0.4) is 0 Å². The molecule has 0 bridgehead atoms. The molecule has 104 valence electrons. The van der Waals surface area contributed by atoms with Crippen molar-refractivity contribution in [3.63, 3.8) is 0 Å². The van der Waals surface area contributed by atoms with Crippen molar-refractivity contribution in [1.29, 1.82) is 0 Å². The summed E-state index contributed by atoms with van der Waals surface area (Å²) in [7, 11) is 0. The summed E-state index contributed by atoms with van der Waals surface area (Å²) in [6, 6.07) is 11.8. The maximum atomic E-state index is 12.3. The van der Waals surface area contributed by atoms with E-state index in [2.05, 4.69) is 9.97 Å². The van der Waals surface area contributed by atoms with Crippen molar-refractivity contribution in [3.05, 3.63) is 70.3 Å². The zero-order valence-electron chi connectivity index (χ0n) is 11.6. The average molecular weight is 294 g/mol. The molecule has 0 aliphatic rings. The molecule has 3 rings (SSSR count). The Kier molecular flexibility index (Phi) is 3.88. The van der Waals surface area contributed by atoms with Crippen LogP contribution in [0.15, 0.2) is 54.2 Å². The van der Waals surface area contributed by atoms with Crippen LogP contribution in [0.2, 0.25) is 0 Å². The van der Waals surface area contributed by atoms with E-state index in [0.29, 0.717) is 6.42 Å². The number of hydrogen-bond acceptors (Lipinski definition) is 4. The summed E-state index contributed by atoms with van der Waals surface area (Å²) in [5.74, 6) is 0.0869. The van der Waals surface area contributed by atoms with Crippen molar-refractivity contribution in [1.82, 2.24) is 9.97 Å². The predicted molar refractivity (Wildman–Crippen MR) is 84.6 cm³/mol. The highest BCUT2D eigenvalue weighted by molar-refractivity contribution is 7.10. The van der Waals surface area contributed by atoms with Crippen LogP contribution < -0.4 is 0 Å². The molecule has 0 saturated carbocycles. The fourth-order valence-electron chi connectivity index (χ4n) is 2.15. The predicted octanol–water partition coefficient (Wildman–Crippen LogP) is 3.94. The zero-order valence-corrected chi connectivity index (χ0v) is 12.4. The van der Waals surface area contributed by atoms with Gasteiger partial charge in [-0.2, -0.15) is 0 Å². The molecule has 1 aromatic carbocycles. The molecule has 0 unspecified atom stereocenters. The highest BCUT2D eigenvalue weighted by Gasteiger charge is 2.12. The number of carbonyl (C=O) groups is 1. The van der Waals surface area contributed by atoms with Crippen LogP contribution in [0.25, 0.3) is 11.3 Å². The summed E-state index contributed by atoms with van der Waals surface area (Å²) in [6.07, 6.45) is 3.70. The van der Waals surface area contributed by atoms with E-state index in [4.69, 9.17) is 0 Å². The Morgan fingerprint density at radius 3 is 2.76 bits per heavy atom. The first-order valence-electron chi connectivity index (χ1n) is 6.67. The quantitative estimate of drug-likeness (QED) is 0.684. The lowest BCUT2D eigenvalue weighted by Crippen LogP contribution is -2.05. The number of Topliss-reactive ketones (excluding diaryl/α,β-unsaturated/α-hetero) is 1. The first kappa shape index (κ1) is 13.6. The van der Waals surface area contributed by atoms with E-state index in [1.165, 1.54) is 11.3 Å². The molecule has 3 nitrogen and oxygen atoms in total. The van der Waals surface area contributed by atoms with E-state index in [1.807, 2.05) is 42.6 Å². The molecule has 2 aromatic heterocycles. The molecular weight excluding hydrogens is 280 g/mol. The summed E-state index contributed by atoms with van der Waals surface area (Å²) in [4.78, 5) is 20.9. The molecule has 0 aliphatic carbocycles. The molecule has 0 amide bonds. The van der Waals surface area contributed by atoms with Crippen LogP contribution >= 0.6 is 11.3 Å². The van der Waals surface area contributed by atoms with Crippen molar-refractivity contribution in [2.24, 2.45) is 0 Å². The molecule has 3 aromatic rings. The Hall–Kier alpha value is -2.33. The number of aromatic nitrogens is 2. The van der Waals surface area contributed by atoms with Gasteiger partial charge in [-0.1, -0.05) is 30.3 Å². The number of thiazole rings is 1. The highest BCUT2D eigenvalue weighted by atomic mass is 32.1. The molecule has 0 saturated heterocycles.